The van der Waals surface area contributed by atoms with Gasteiger partial charge < -0.3 is 15.8 Å². The minimum Gasteiger partial charge on any atom is -0.378 e. The molecule has 24 heavy (non-hydrogen) atoms. The molecule has 1 aromatic carbocycles. The van der Waals surface area contributed by atoms with Crippen molar-refractivity contribution in [3.63, 3.8) is 0 Å². The number of carbonyl (C=O) groups is 1. The molecule has 0 saturated heterocycles. The van der Waals surface area contributed by atoms with Crippen LogP contribution in [-0.2, 0) is 14.9 Å². The number of carbonyl (C=O) groups excluding carboxylic acids is 1. The van der Waals surface area contributed by atoms with Crippen LogP contribution < -0.4 is 11.1 Å². The summed E-state index contributed by atoms with van der Waals surface area (Å²) in [5, 5.41) is 3.13. The zero-order chi connectivity index (χ0) is 17.6. The highest BCUT2D eigenvalue weighted by Crippen LogP contribution is 2.52. The van der Waals surface area contributed by atoms with Crippen molar-refractivity contribution in [2.75, 3.05) is 13.2 Å². The molecule has 1 aromatic rings. The zero-order valence-corrected chi connectivity index (χ0v) is 16.3. The van der Waals surface area contributed by atoms with E-state index in [1.54, 1.807) is 0 Å². The van der Waals surface area contributed by atoms with E-state index in [0.29, 0.717) is 19.6 Å². The van der Waals surface area contributed by atoms with Crippen LogP contribution in [0.4, 0.5) is 0 Å². The standard InChI is InChI=1S/C19H27BrN2O2/c1-4-24-15-11-19(21,17(15,2)3)16(23)22-12-18(9-10-18)13-7-5-6-8-14(13)20/h5-8,15H,4,9-12,21H2,1-3H3,(H,22,23). The summed E-state index contributed by atoms with van der Waals surface area (Å²) in [5.41, 5.74) is 6.59. The lowest BCUT2D eigenvalue weighted by molar-refractivity contribution is -0.170. The molecule has 3 N–H and O–H groups in total. The fourth-order valence-corrected chi connectivity index (χ4v) is 4.52. The first-order valence-electron chi connectivity index (χ1n) is 8.71. The number of nitrogens with one attached hydrogen (secondary N) is 1. The van der Waals surface area contributed by atoms with Gasteiger partial charge in [0, 0.05) is 34.9 Å². The summed E-state index contributed by atoms with van der Waals surface area (Å²) < 4.78 is 6.83. The number of hydrogen-bond acceptors (Lipinski definition) is 3. The van der Waals surface area contributed by atoms with Crippen molar-refractivity contribution in [3.8, 4) is 0 Å². The third-order valence-corrected chi connectivity index (χ3v) is 6.81. The smallest absolute Gasteiger partial charge is 0.240 e. The maximum atomic E-state index is 12.8. The Bertz CT molecular complexity index is 642. The highest BCUT2D eigenvalue weighted by atomic mass is 79.9. The van der Waals surface area contributed by atoms with E-state index in [9.17, 15) is 4.79 Å². The monoisotopic (exact) mass is 394 g/mol. The van der Waals surface area contributed by atoms with Crippen molar-refractivity contribution in [3.05, 3.63) is 34.3 Å². The van der Waals surface area contributed by atoms with Crippen molar-refractivity contribution >= 4 is 21.8 Å². The van der Waals surface area contributed by atoms with Crippen molar-refractivity contribution in [1.82, 2.24) is 5.32 Å². The molecule has 2 unspecified atom stereocenters. The fraction of sp³-hybridized carbons (Fsp3) is 0.632. The van der Waals surface area contributed by atoms with E-state index in [1.165, 1.54) is 5.56 Å². The minimum absolute atomic E-state index is 0.0522. The molecule has 3 rings (SSSR count). The van der Waals surface area contributed by atoms with Crippen LogP contribution in [0.3, 0.4) is 0 Å². The Morgan fingerprint density at radius 2 is 2.04 bits per heavy atom. The summed E-state index contributed by atoms with van der Waals surface area (Å²) in [5.74, 6) is -0.0539. The third kappa shape index (κ3) is 2.71. The number of ether oxygens (including phenoxy) is 1. The van der Waals surface area contributed by atoms with Crippen LogP contribution in [0.2, 0.25) is 0 Å². The molecule has 4 nitrogen and oxygen atoms in total. The highest BCUT2D eigenvalue weighted by molar-refractivity contribution is 9.10. The van der Waals surface area contributed by atoms with Crippen LogP contribution in [0.15, 0.2) is 28.7 Å². The number of amides is 1. The average molecular weight is 395 g/mol. The van der Waals surface area contributed by atoms with Gasteiger partial charge in [-0.25, -0.2) is 0 Å². The molecular weight excluding hydrogens is 368 g/mol. The summed E-state index contributed by atoms with van der Waals surface area (Å²) in [6.07, 6.45) is 2.83. The first-order valence-corrected chi connectivity index (χ1v) is 9.50. The molecule has 0 radical (unpaired) electrons. The Balaban J connectivity index is 1.66. The van der Waals surface area contributed by atoms with Gasteiger partial charge in [0.25, 0.3) is 0 Å². The summed E-state index contributed by atoms with van der Waals surface area (Å²) in [6, 6.07) is 8.26. The molecule has 2 fully saturated rings. The molecule has 132 valence electrons. The lowest BCUT2D eigenvalue weighted by Crippen LogP contribution is -2.76. The molecule has 0 aromatic heterocycles. The topological polar surface area (TPSA) is 64.3 Å². The maximum absolute atomic E-state index is 12.8. The summed E-state index contributed by atoms with van der Waals surface area (Å²) in [6.45, 7) is 7.31. The van der Waals surface area contributed by atoms with Crippen LogP contribution in [0.5, 0.6) is 0 Å². The van der Waals surface area contributed by atoms with Crippen LogP contribution in [0.25, 0.3) is 0 Å². The number of halogens is 1. The van der Waals surface area contributed by atoms with Crippen molar-refractivity contribution in [1.29, 1.82) is 0 Å². The number of rotatable bonds is 6. The molecule has 2 atom stereocenters. The minimum atomic E-state index is -0.850. The first-order chi connectivity index (χ1) is 11.3. The van der Waals surface area contributed by atoms with Gasteiger partial charge >= 0.3 is 0 Å². The molecular formula is C19H27BrN2O2. The first kappa shape index (κ1) is 17.9. The normalized spacial score (nSPS) is 29.6. The average Bonchev–Trinajstić information content (AvgIpc) is 3.33. The van der Waals surface area contributed by atoms with Crippen LogP contribution >= 0.6 is 15.9 Å². The lowest BCUT2D eigenvalue weighted by atomic mass is 9.54. The predicted octanol–water partition coefficient (Wildman–Crippen LogP) is 3.13. The predicted molar refractivity (Wildman–Crippen MR) is 98.8 cm³/mol. The van der Waals surface area contributed by atoms with Crippen LogP contribution in [0, 0.1) is 5.41 Å². The van der Waals surface area contributed by atoms with Crippen LogP contribution in [0.1, 0.15) is 45.6 Å². The van der Waals surface area contributed by atoms with Crippen molar-refractivity contribution < 1.29 is 9.53 Å². The quantitative estimate of drug-likeness (QED) is 0.778. The molecule has 0 spiro atoms. The Morgan fingerprint density at radius 1 is 1.38 bits per heavy atom. The second-order valence-corrected chi connectivity index (χ2v) is 8.64. The highest BCUT2D eigenvalue weighted by Gasteiger charge is 2.63. The van der Waals surface area contributed by atoms with Gasteiger partial charge in [0.1, 0.15) is 5.54 Å². The van der Waals surface area contributed by atoms with Crippen molar-refractivity contribution in [2.45, 2.75) is 57.1 Å². The van der Waals surface area contributed by atoms with Gasteiger partial charge in [0.2, 0.25) is 5.91 Å². The van der Waals surface area contributed by atoms with Gasteiger partial charge in [-0.3, -0.25) is 4.79 Å². The van der Waals surface area contributed by atoms with E-state index in [-0.39, 0.29) is 22.8 Å². The molecule has 2 saturated carbocycles. The largest absolute Gasteiger partial charge is 0.378 e. The van der Waals surface area contributed by atoms with Crippen molar-refractivity contribution in [2.24, 2.45) is 11.1 Å². The molecule has 1 amide bonds. The number of benzene rings is 1. The Kier molecular flexibility index (Phi) is 4.56. The fourth-order valence-electron chi connectivity index (χ4n) is 3.81. The summed E-state index contributed by atoms with van der Waals surface area (Å²) in [4.78, 5) is 12.8. The van der Waals surface area contributed by atoms with Gasteiger partial charge in [0.05, 0.1) is 6.10 Å². The Morgan fingerprint density at radius 3 is 2.58 bits per heavy atom. The van der Waals surface area contributed by atoms with E-state index in [1.807, 2.05) is 32.9 Å². The maximum Gasteiger partial charge on any atom is 0.240 e. The Hall–Kier alpha value is -0.910. The second kappa shape index (κ2) is 6.11. The van der Waals surface area contributed by atoms with Gasteiger partial charge in [-0.05, 0) is 31.4 Å². The SMILES string of the molecule is CCOC1CC(N)(C(=O)NCC2(c3ccccc3Br)CC2)C1(C)C. The Labute approximate surface area is 152 Å². The molecule has 0 aliphatic heterocycles. The van der Waals surface area contributed by atoms with E-state index in [0.717, 1.165) is 17.3 Å². The number of nitrogens with two attached hydrogens (primary N) is 1. The lowest BCUT2D eigenvalue weighted by Gasteiger charge is -2.57. The number of hydrogen-bond donors (Lipinski definition) is 2. The summed E-state index contributed by atoms with van der Waals surface area (Å²) >= 11 is 3.63. The van der Waals surface area contributed by atoms with Crippen LogP contribution in [-0.4, -0.2) is 30.7 Å². The molecule has 2 aliphatic rings. The van der Waals surface area contributed by atoms with E-state index < -0.39 is 5.54 Å². The van der Waals surface area contributed by atoms with Gasteiger partial charge in [-0.2, -0.15) is 0 Å². The zero-order valence-electron chi connectivity index (χ0n) is 14.7. The molecule has 0 heterocycles. The van der Waals surface area contributed by atoms with E-state index in [4.69, 9.17) is 10.5 Å². The molecule has 5 heteroatoms. The van der Waals surface area contributed by atoms with Gasteiger partial charge in [-0.1, -0.05) is 48.0 Å². The molecule has 0 bridgehead atoms. The third-order valence-electron chi connectivity index (χ3n) is 6.12. The summed E-state index contributed by atoms with van der Waals surface area (Å²) in [7, 11) is 0. The van der Waals surface area contributed by atoms with Gasteiger partial charge in [0.15, 0.2) is 0 Å². The van der Waals surface area contributed by atoms with E-state index >= 15 is 0 Å². The second-order valence-electron chi connectivity index (χ2n) is 7.78. The van der Waals surface area contributed by atoms with E-state index in [2.05, 4.69) is 33.4 Å². The van der Waals surface area contributed by atoms with Gasteiger partial charge in [-0.15, -0.1) is 0 Å². The molecule has 2 aliphatic carbocycles.